The number of aromatic nitrogens is 1. The molecular formula is C19H21F4NO. The Morgan fingerprint density at radius 3 is 2.36 bits per heavy atom. The van der Waals surface area contributed by atoms with Crippen molar-refractivity contribution in [3.05, 3.63) is 47.4 Å². The Kier molecular flexibility index (Phi) is 6.79. The van der Waals surface area contributed by atoms with Crippen molar-refractivity contribution >= 4 is 0 Å². The maximum absolute atomic E-state index is 14.2. The summed E-state index contributed by atoms with van der Waals surface area (Å²) in [5.74, 6) is -4.64. The van der Waals surface area contributed by atoms with E-state index in [1.165, 1.54) is 12.1 Å². The molecule has 136 valence electrons. The van der Waals surface area contributed by atoms with Gasteiger partial charge in [0, 0.05) is 11.1 Å². The van der Waals surface area contributed by atoms with Crippen LogP contribution in [0.4, 0.5) is 17.6 Å². The van der Waals surface area contributed by atoms with Crippen molar-refractivity contribution in [1.82, 2.24) is 4.98 Å². The van der Waals surface area contributed by atoms with Crippen molar-refractivity contribution in [1.29, 1.82) is 0 Å². The predicted molar refractivity (Wildman–Crippen MR) is 88.4 cm³/mol. The molecule has 25 heavy (non-hydrogen) atoms. The third-order valence-electron chi connectivity index (χ3n) is 4.11. The number of halogens is 4. The van der Waals surface area contributed by atoms with E-state index >= 15 is 0 Å². The van der Waals surface area contributed by atoms with Crippen LogP contribution in [0.2, 0.25) is 0 Å². The lowest BCUT2D eigenvalue weighted by Gasteiger charge is -2.11. The number of pyridine rings is 1. The molecule has 1 heterocycles. The van der Waals surface area contributed by atoms with Crippen molar-refractivity contribution in [2.75, 3.05) is 0 Å². The molecule has 1 aromatic heterocycles. The number of unbranched alkanes of at least 4 members (excludes halogenated alkanes) is 4. The molecule has 1 N–H and O–H groups in total. The third kappa shape index (κ3) is 4.71. The van der Waals surface area contributed by atoms with Gasteiger partial charge >= 0.3 is 0 Å². The molecule has 0 aliphatic carbocycles. The number of phenols is 1. The van der Waals surface area contributed by atoms with Gasteiger partial charge in [0.05, 0.1) is 5.69 Å². The molecule has 2 aromatic rings. The molecule has 0 aliphatic heterocycles. The first-order valence-electron chi connectivity index (χ1n) is 8.43. The van der Waals surface area contributed by atoms with Gasteiger partial charge in [0.25, 0.3) is 0 Å². The lowest BCUT2D eigenvalue weighted by molar-refractivity contribution is 0.301. The van der Waals surface area contributed by atoms with E-state index in [-0.39, 0.29) is 23.2 Å². The van der Waals surface area contributed by atoms with Gasteiger partial charge in [-0.2, -0.15) is 8.78 Å². The van der Waals surface area contributed by atoms with Crippen LogP contribution in [-0.4, -0.2) is 10.1 Å². The Bertz CT molecular complexity index is 721. The number of rotatable bonds is 8. The second-order valence-electron chi connectivity index (χ2n) is 6.01. The van der Waals surface area contributed by atoms with E-state index < -0.39 is 29.5 Å². The Morgan fingerprint density at radius 2 is 1.68 bits per heavy atom. The molecule has 2 rings (SSSR count). The molecule has 1 aromatic carbocycles. The first kappa shape index (κ1) is 19.2. The Labute approximate surface area is 144 Å². The van der Waals surface area contributed by atoms with E-state index in [9.17, 15) is 17.6 Å². The van der Waals surface area contributed by atoms with Crippen molar-refractivity contribution in [2.24, 2.45) is 0 Å². The van der Waals surface area contributed by atoms with Gasteiger partial charge < -0.3 is 5.11 Å². The topological polar surface area (TPSA) is 33.1 Å². The summed E-state index contributed by atoms with van der Waals surface area (Å²) in [4.78, 5) is 3.56. The van der Waals surface area contributed by atoms with E-state index in [1.54, 1.807) is 0 Å². The van der Waals surface area contributed by atoms with Crippen molar-refractivity contribution in [2.45, 2.75) is 51.6 Å². The number of alkyl halides is 1. The Balaban J connectivity index is 2.11. The average Bonchev–Trinajstić information content (AvgIpc) is 2.59. The first-order valence-corrected chi connectivity index (χ1v) is 8.43. The van der Waals surface area contributed by atoms with Crippen LogP contribution in [0.1, 0.15) is 57.2 Å². The fourth-order valence-corrected chi connectivity index (χ4v) is 2.65. The van der Waals surface area contributed by atoms with E-state index in [1.807, 2.05) is 0 Å². The summed E-state index contributed by atoms with van der Waals surface area (Å²) in [5.41, 5.74) is -0.637. The molecule has 0 saturated heterocycles. The summed E-state index contributed by atoms with van der Waals surface area (Å²) in [7, 11) is 0. The highest BCUT2D eigenvalue weighted by Crippen LogP contribution is 2.31. The molecular weight excluding hydrogens is 334 g/mol. The Hall–Kier alpha value is -2.11. The summed E-state index contributed by atoms with van der Waals surface area (Å²) < 4.78 is 55.5. The molecule has 0 saturated carbocycles. The van der Waals surface area contributed by atoms with Crippen LogP contribution in [0, 0.1) is 17.6 Å². The fourth-order valence-electron chi connectivity index (χ4n) is 2.65. The third-order valence-corrected chi connectivity index (χ3v) is 4.11. The average molecular weight is 355 g/mol. The molecule has 2 nitrogen and oxygen atoms in total. The van der Waals surface area contributed by atoms with Crippen LogP contribution >= 0.6 is 0 Å². The maximum Gasteiger partial charge on any atom is 0.219 e. The lowest BCUT2D eigenvalue weighted by atomic mass is 10.0. The zero-order chi connectivity index (χ0) is 18.4. The zero-order valence-corrected chi connectivity index (χ0v) is 14.0. The number of phenolic OH excluding ortho intramolecular Hbond substituents is 1. The minimum absolute atomic E-state index is 0.159. The molecule has 1 unspecified atom stereocenters. The SMILES string of the molecule is CCCCCCCC(F)c1ccc(-c2ccc(O)c(F)c2F)nc1F. The smallest absolute Gasteiger partial charge is 0.219 e. The van der Waals surface area contributed by atoms with Gasteiger partial charge in [0.15, 0.2) is 11.6 Å². The van der Waals surface area contributed by atoms with E-state index in [4.69, 9.17) is 5.11 Å². The van der Waals surface area contributed by atoms with Crippen LogP contribution in [-0.2, 0) is 0 Å². The highest BCUT2D eigenvalue weighted by Gasteiger charge is 2.19. The highest BCUT2D eigenvalue weighted by atomic mass is 19.2. The van der Waals surface area contributed by atoms with Crippen LogP contribution < -0.4 is 0 Å². The van der Waals surface area contributed by atoms with Crippen molar-refractivity contribution in [3.63, 3.8) is 0 Å². The number of hydrogen-bond acceptors (Lipinski definition) is 2. The quantitative estimate of drug-likeness (QED) is 0.345. The molecule has 6 heteroatoms. The first-order chi connectivity index (χ1) is 12.0. The summed E-state index contributed by atoms with van der Waals surface area (Å²) in [6.45, 7) is 2.09. The summed E-state index contributed by atoms with van der Waals surface area (Å²) in [5, 5.41) is 9.12. The molecule has 0 amide bonds. The fraction of sp³-hybridized carbons (Fsp3) is 0.421. The van der Waals surface area contributed by atoms with Gasteiger partial charge in [0.1, 0.15) is 6.17 Å². The second-order valence-corrected chi connectivity index (χ2v) is 6.01. The summed E-state index contributed by atoms with van der Waals surface area (Å²) in [6, 6.07) is 4.50. The van der Waals surface area contributed by atoms with Gasteiger partial charge in [-0.25, -0.2) is 13.8 Å². The number of benzene rings is 1. The molecule has 0 radical (unpaired) electrons. The van der Waals surface area contributed by atoms with E-state index in [0.29, 0.717) is 6.42 Å². The normalized spacial score (nSPS) is 12.4. The minimum Gasteiger partial charge on any atom is -0.505 e. The zero-order valence-electron chi connectivity index (χ0n) is 14.0. The second kappa shape index (κ2) is 8.83. The van der Waals surface area contributed by atoms with Crippen LogP contribution in [0.15, 0.2) is 24.3 Å². The molecule has 0 spiro atoms. The van der Waals surface area contributed by atoms with Gasteiger partial charge in [-0.15, -0.1) is 0 Å². The standard InChI is InChI=1S/C19H21F4NO/c1-2-3-4-5-6-7-14(20)12-8-10-15(24-19(12)23)13-9-11-16(25)18(22)17(13)21/h8-11,14,25H,2-7H2,1H3. The van der Waals surface area contributed by atoms with E-state index in [0.717, 1.165) is 37.8 Å². The van der Waals surface area contributed by atoms with Crippen molar-refractivity contribution in [3.8, 4) is 17.0 Å². The van der Waals surface area contributed by atoms with Crippen LogP contribution in [0.25, 0.3) is 11.3 Å². The van der Waals surface area contributed by atoms with E-state index in [2.05, 4.69) is 11.9 Å². The van der Waals surface area contributed by atoms with Gasteiger partial charge in [-0.3, -0.25) is 0 Å². The van der Waals surface area contributed by atoms with Crippen molar-refractivity contribution < 1.29 is 22.7 Å². The summed E-state index contributed by atoms with van der Waals surface area (Å²) in [6.07, 6.45) is 3.46. The van der Waals surface area contributed by atoms with Gasteiger partial charge in [-0.1, -0.05) is 39.0 Å². The molecule has 0 aliphatic rings. The van der Waals surface area contributed by atoms with Gasteiger partial charge in [0.2, 0.25) is 11.8 Å². The molecule has 1 atom stereocenters. The predicted octanol–water partition coefficient (Wildman–Crippen LogP) is 6.24. The number of hydrogen-bond donors (Lipinski definition) is 1. The summed E-state index contributed by atoms with van der Waals surface area (Å²) >= 11 is 0. The monoisotopic (exact) mass is 355 g/mol. The minimum atomic E-state index is -1.48. The van der Waals surface area contributed by atoms with Gasteiger partial charge in [-0.05, 0) is 30.7 Å². The molecule has 0 fully saturated rings. The lowest BCUT2D eigenvalue weighted by Crippen LogP contribution is -2.01. The Morgan fingerprint density at radius 1 is 0.960 bits per heavy atom. The molecule has 0 bridgehead atoms. The largest absolute Gasteiger partial charge is 0.505 e. The van der Waals surface area contributed by atoms with Crippen LogP contribution in [0.5, 0.6) is 5.75 Å². The van der Waals surface area contributed by atoms with Crippen LogP contribution in [0.3, 0.4) is 0 Å². The maximum atomic E-state index is 14.2. The number of aromatic hydroxyl groups is 1. The number of nitrogens with zero attached hydrogens (tertiary/aromatic N) is 1. The highest BCUT2D eigenvalue weighted by molar-refractivity contribution is 5.61.